The van der Waals surface area contributed by atoms with E-state index in [2.05, 4.69) is 22.0 Å². The summed E-state index contributed by atoms with van der Waals surface area (Å²) in [5.41, 5.74) is 1.43. The highest BCUT2D eigenvalue weighted by atomic mass is 19.1. The van der Waals surface area contributed by atoms with Crippen molar-refractivity contribution in [1.29, 1.82) is 5.26 Å². The van der Waals surface area contributed by atoms with Crippen molar-refractivity contribution in [3.05, 3.63) is 58.3 Å². The summed E-state index contributed by atoms with van der Waals surface area (Å²) in [4.78, 5) is 24.9. The molecule has 2 aliphatic rings. The third-order valence-electron chi connectivity index (χ3n) is 6.52. The third kappa shape index (κ3) is 4.74. The van der Waals surface area contributed by atoms with E-state index in [0.29, 0.717) is 41.7 Å². The fourth-order valence-electron chi connectivity index (χ4n) is 4.76. The Morgan fingerprint density at radius 3 is 2.75 bits per heavy atom. The number of benzene rings is 1. The highest BCUT2D eigenvalue weighted by Crippen LogP contribution is 2.35. The van der Waals surface area contributed by atoms with Crippen LogP contribution in [0.3, 0.4) is 0 Å². The van der Waals surface area contributed by atoms with Gasteiger partial charge in [0, 0.05) is 37.8 Å². The molecule has 3 N–H and O–H groups in total. The summed E-state index contributed by atoms with van der Waals surface area (Å²) in [7, 11) is 1.82. The number of piperidine rings is 1. The van der Waals surface area contributed by atoms with Gasteiger partial charge in [0.05, 0.1) is 12.1 Å². The summed E-state index contributed by atoms with van der Waals surface area (Å²) in [6.45, 7) is 1.24. The Hall–Kier alpha value is -3.02. The average Bonchev–Trinajstić information content (AvgIpc) is 3.43. The number of carbonyl (C=O) groups excluding carboxylic acids is 1. The minimum Gasteiger partial charge on any atom is -0.339 e. The lowest BCUT2D eigenvalue weighted by molar-refractivity contribution is -0.124. The summed E-state index contributed by atoms with van der Waals surface area (Å²) in [6, 6.07) is 9.40. The van der Waals surface area contributed by atoms with Crippen LogP contribution in [0, 0.1) is 23.1 Å². The predicted molar refractivity (Wildman–Crippen MR) is 119 cm³/mol. The van der Waals surface area contributed by atoms with Gasteiger partial charge >= 0.3 is 0 Å². The first-order valence-corrected chi connectivity index (χ1v) is 11.1. The standard InChI is InChI=1S/C24H28FN5O2/c1-27-7-9-30-8-6-16(13-22(30)31)15-2-3-17(21(25)12-15)10-20(14-26)29-24(32)23-18-4-5-19(11-18)28-23/h2-3,6,8,12-13,18-20,23,27-28H,4-5,7,9-11H2,1H3,(H,29,32)/t18-,19+,20-,23-/m0/s1. The van der Waals surface area contributed by atoms with Crippen LogP contribution in [0.1, 0.15) is 24.8 Å². The summed E-state index contributed by atoms with van der Waals surface area (Å²) in [6.07, 6.45) is 4.92. The van der Waals surface area contributed by atoms with Gasteiger partial charge in [-0.25, -0.2) is 4.39 Å². The predicted octanol–water partition coefficient (Wildman–Crippen LogP) is 1.57. The molecule has 4 rings (SSSR count). The summed E-state index contributed by atoms with van der Waals surface area (Å²) < 4.78 is 16.4. The number of nitriles is 1. The molecule has 0 spiro atoms. The van der Waals surface area contributed by atoms with E-state index in [-0.39, 0.29) is 23.9 Å². The molecule has 1 aromatic heterocycles. The zero-order chi connectivity index (χ0) is 22.7. The van der Waals surface area contributed by atoms with Gasteiger partial charge in [-0.05, 0) is 61.1 Å². The number of carbonyl (C=O) groups is 1. The second kappa shape index (κ2) is 9.63. The lowest BCUT2D eigenvalue weighted by Crippen LogP contribution is -2.50. The zero-order valence-electron chi connectivity index (χ0n) is 18.1. The molecular formula is C24H28FN5O2. The highest BCUT2D eigenvalue weighted by Gasteiger charge is 2.43. The van der Waals surface area contributed by atoms with Gasteiger partial charge in [0.2, 0.25) is 5.91 Å². The maximum Gasteiger partial charge on any atom is 0.251 e. The number of nitrogens with one attached hydrogen (secondary N) is 3. The van der Waals surface area contributed by atoms with Gasteiger partial charge in [-0.15, -0.1) is 0 Å². The SMILES string of the molecule is CNCCn1ccc(-c2ccc(C[C@@H](C#N)NC(=O)[C@H]3N[C@@H]4CC[C@H]3C4)c(F)c2)cc1=O. The molecule has 8 heteroatoms. The number of halogens is 1. The van der Waals surface area contributed by atoms with Crippen LogP contribution in [0.2, 0.25) is 0 Å². The van der Waals surface area contributed by atoms with Gasteiger partial charge in [0.15, 0.2) is 0 Å². The van der Waals surface area contributed by atoms with Crippen molar-refractivity contribution < 1.29 is 9.18 Å². The molecule has 1 saturated carbocycles. The zero-order valence-corrected chi connectivity index (χ0v) is 18.1. The van der Waals surface area contributed by atoms with Crippen LogP contribution in [-0.4, -0.2) is 42.2 Å². The topological polar surface area (TPSA) is 98.9 Å². The van der Waals surface area contributed by atoms with Crippen molar-refractivity contribution in [2.45, 2.75) is 50.4 Å². The molecular weight excluding hydrogens is 409 g/mol. The van der Waals surface area contributed by atoms with Gasteiger partial charge < -0.3 is 20.5 Å². The Morgan fingerprint density at radius 2 is 2.12 bits per heavy atom. The molecule has 2 aromatic rings. The number of pyridine rings is 1. The molecule has 1 aliphatic heterocycles. The number of fused-ring (bicyclic) bond motifs is 2. The Labute approximate surface area is 186 Å². The molecule has 2 fully saturated rings. The number of rotatable bonds is 8. The van der Waals surface area contributed by atoms with E-state index in [1.54, 1.807) is 29.0 Å². The van der Waals surface area contributed by atoms with E-state index in [9.17, 15) is 19.2 Å². The molecule has 0 unspecified atom stereocenters. The van der Waals surface area contributed by atoms with Crippen molar-refractivity contribution in [3.63, 3.8) is 0 Å². The Balaban J connectivity index is 1.42. The number of amides is 1. The highest BCUT2D eigenvalue weighted by molar-refractivity contribution is 5.83. The van der Waals surface area contributed by atoms with E-state index in [0.717, 1.165) is 19.3 Å². The normalized spacial score (nSPS) is 22.5. The van der Waals surface area contributed by atoms with E-state index >= 15 is 0 Å². The van der Waals surface area contributed by atoms with Gasteiger partial charge in [-0.2, -0.15) is 5.26 Å². The Bertz CT molecular complexity index is 1090. The fourth-order valence-corrected chi connectivity index (χ4v) is 4.76. The fraction of sp³-hybridized carbons (Fsp3) is 0.458. The number of hydrogen-bond donors (Lipinski definition) is 3. The molecule has 7 nitrogen and oxygen atoms in total. The average molecular weight is 438 g/mol. The van der Waals surface area contributed by atoms with Gasteiger partial charge in [0.25, 0.3) is 5.56 Å². The van der Waals surface area contributed by atoms with E-state index < -0.39 is 11.9 Å². The van der Waals surface area contributed by atoms with Crippen LogP contribution >= 0.6 is 0 Å². The van der Waals surface area contributed by atoms with Gasteiger partial charge in [-0.3, -0.25) is 9.59 Å². The van der Waals surface area contributed by atoms with Crippen molar-refractivity contribution in [2.75, 3.05) is 13.6 Å². The molecule has 1 aliphatic carbocycles. The minimum atomic E-state index is -0.806. The largest absolute Gasteiger partial charge is 0.339 e. The Kier molecular flexibility index (Phi) is 6.68. The minimum absolute atomic E-state index is 0.0841. The molecule has 1 amide bonds. The van der Waals surface area contributed by atoms with Gasteiger partial charge in [0.1, 0.15) is 11.9 Å². The second-order valence-electron chi connectivity index (χ2n) is 8.67. The number of aromatic nitrogens is 1. The van der Waals surface area contributed by atoms with E-state index in [1.165, 1.54) is 12.1 Å². The summed E-state index contributed by atoms with van der Waals surface area (Å²) >= 11 is 0. The van der Waals surface area contributed by atoms with E-state index in [4.69, 9.17) is 0 Å². The van der Waals surface area contributed by atoms with Crippen LogP contribution in [0.4, 0.5) is 4.39 Å². The lowest BCUT2D eigenvalue weighted by atomic mass is 9.98. The quantitative estimate of drug-likeness (QED) is 0.582. The first kappa shape index (κ1) is 22.2. The monoisotopic (exact) mass is 437 g/mol. The van der Waals surface area contributed by atoms with Crippen LogP contribution in [0.5, 0.6) is 0 Å². The maximum absolute atomic E-state index is 14.8. The smallest absolute Gasteiger partial charge is 0.251 e. The summed E-state index contributed by atoms with van der Waals surface area (Å²) in [5, 5.41) is 18.6. The summed E-state index contributed by atoms with van der Waals surface area (Å²) in [5.74, 6) is -0.321. The Morgan fingerprint density at radius 1 is 1.31 bits per heavy atom. The van der Waals surface area contributed by atoms with Crippen molar-refractivity contribution >= 4 is 5.91 Å². The molecule has 2 bridgehead atoms. The molecule has 1 saturated heterocycles. The molecule has 2 heterocycles. The molecule has 32 heavy (non-hydrogen) atoms. The molecule has 1 aromatic carbocycles. The maximum atomic E-state index is 14.8. The van der Waals surface area contributed by atoms with Crippen LogP contribution < -0.4 is 21.5 Å². The molecule has 168 valence electrons. The van der Waals surface area contributed by atoms with Crippen molar-refractivity contribution in [1.82, 2.24) is 20.5 Å². The number of likely N-dealkylation sites (N-methyl/N-ethyl adjacent to an activating group) is 1. The van der Waals surface area contributed by atoms with Crippen LogP contribution in [0.25, 0.3) is 11.1 Å². The van der Waals surface area contributed by atoms with Crippen LogP contribution in [-0.2, 0) is 17.8 Å². The number of hydrogen-bond acceptors (Lipinski definition) is 5. The molecule has 4 atom stereocenters. The number of nitrogens with zero attached hydrogens (tertiary/aromatic N) is 2. The molecule has 0 radical (unpaired) electrons. The van der Waals surface area contributed by atoms with Crippen molar-refractivity contribution in [2.24, 2.45) is 5.92 Å². The van der Waals surface area contributed by atoms with Gasteiger partial charge in [-0.1, -0.05) is 12.1 Å². The van der Waals surface area contributed by atoms with E-state index in [1.807, 2.05) is 7.05 Å². The second-order valence-corrected chi connectivity index (χ2v) is 8.67. The first-order chi connectivity index (χ1) is 15.5. The van der Waals surface area contributed by atoms with Crippen LogP contribution in [0.15, 0.2) is 41.3 Å². The lowest BCUT2D eigenvalue weighted by Gasteiger charge is -2.23. The first-order valence-electron chi connectivity index (χ1n) is 11.1. The van der Waals surface area contributed by atoms with Crippen molar-refractivity contribution in [3.8, 4) is 17.2 Å². The third-order valence-corrected chi connectivity index (χ3v) is 6.52.